The quantitative estimate of drug-likeness (QED) is 0.840. The summed E-state index contributed by atoms with van der Waals surface area (Å²) >= 11 is 11.9. The van der Waals surface area contributed by atoms with Crippen molar-refractivity contribution in [3.05, 3.63) is 63.6 Å². The van der Waals surface area contributed by atoms with Crippen LogP contribution in [0.15, 0.2) is 42.5 Å². The number of hydrogen-bond acceptors (Lipinski definition) is 2. The average Bonchev–Trinajstić information content (AvgIpc) is 2.41. The molecule has 0 aliphatic rings. The zero-order valence-electron chi connectivity index (χ0n) is 10.9. The van der Waals surface area contributed by atoms with Gasteiger partial charge in [0.15, 0.2) is 0 Å². The highest BCUT2D eigenvalue weighted by Gasteiger charge is 2.14. The van der Waals surface area contributed by atoms with Gasteiger partial charge in [0.25, 0.3) is 5.91 Å². The SMILES string of the molecule is CC(NC(=O)c1cc(N)ccc1Cl)c1cccc(Cl)c1. The number of rotatable bonds is 3. The van der Waals surface area contributed by atoms with Crippen LogP contribution in [0.1, 0.15) is 28.9 Å². The Balaban J connectivity index is 2.17. The van der Waals surface area contributed by atoms with Crippen LogP contribution in [0, 0.1) is 0 Å². The minimum atomic E-state index is -0.269. The molecule has 1 atom stereocenters. The van der Waals surface area contributed by atoms with Crippen molar-refractivity contribution in [3.63, 3.8) is 0 Å². The van der Waals surface area contributed by atoms with E-state index in [2.05, 4.69) is 5.32 Å². The minimum absolute atomic E-state index is 0.182. The maximum absolute atomic E-state index is 12.2. The molecule has 0 saturated heterocycles. The second-order valence-corrected chi connectivity index (χ2v) is 5.33. The monoisotopic (exact) mass is 308 g/mol. The van der Waals surface area contributed by atoms with E-state index in [4.69, 9.17) is 28.9 Å². The molecule has 0 fully saturated rings. The summed E-state index contributed by atoms with van der Waals surface area (Å²) in [6.45, 7) is 1.88. The first kappa shape index (κ1) is 14.7. The lowest BCUT2D eigenvalue weighted by Gasteiger charge is -2.15. The molecule has 0 spiro atoms. The van der Waals surface area contributed by atoms with Crippen LogP contribution < -0.4 is 11.1 Å². The molecule has 0 radical (unpaired) electrons. The Morgan fingerprint density at radius 1 is 1.20 bits per heavy atom. The summed E-state index contributed by atoms with van der Waals surface area (Å²) in [5.74, 6) is -0.269. The average molecular weight is 309 g/mol. The van der Waals surface area contributed by atoms with Gasteiger partial charge in [-0.3, -0.25) is 4.79 Å². The highest BCUT2D eigenvalue weighted by atomic mass is 35.5. The van der Waals surface area contributed by atoms with Gasteiger partial charge in [0.2, 0.25) is 0 Å². The van der Waals surface area contributed by atoms with Gasteiger partial charge in [-0.05, 0) is 42.8 Å². The van der Waals surface area contributed by atoms with Crippen molar-refractivity contribution in [3.8, 4) is 0 Å². The van der Waals surface area contributed by atoms with Gasteiger partial charge >= 0.3 is 0 Å². The van der Waals surface area contributed by atoms with Crippen LogP contribution in [0.2, 0.25) is 10.0 Å². The molecule has 0 bridgehead atoms. The van der Waals surface area contributed by atoms with E-state index < -0.39 is 0 Å². The number of hydrogen-bond donors (Lipinski definition) is 2. The van der Waals surface area contributed by atoms with E-state index in [0.717, 1.165) is 5.56 Å². The number of nitrogens with two attached hydrogens (primary N) is 1. The first-order valence-corrected chi connectivity index (χ1v) is 6.84. The minimum Gasteiger partial charge on any atom is -0.399 e. The van der Waals surface area contributed by atoms with Gasteiger partial charge in [-0.15, -0.1) is 0 Å². The van der Waals surface area contributed by atoms with Gasteiger partial charge in [-0.1, -0.05) is 35.3 Å². The molecule has 2 aromatic carbocycles. The van der Waals surface area contributed by atoms with Crippen LogP contribution in [0.4, 0.5) is 5.69 Å². The van der Waals surface area contributed by atoms with E-state index in [0.29, 0.717) is 21.3 Å². The molecule has 2 aromatic rings. The molecule has 0 heterocycles. The van der Waals surface area contributed by atoms with Crippen LogP contribution in [0.3, 0.4) is 0 Å². The van der Waals surface area contributed by atoms with Crippen LogP contribution in [-0.2, 0) is 0 Å². The van der Waals surface area contributed by atoms with E-state index in [1.807, 2.05) is 25.1 Å². The third kappa shape index (κ3) is 3.44. The summed E-state index contributed by atoms with van der Waals surface area (Å²) in [6, 6.07) is 12.0. The summed E-state index contributed by atoms with van der Waals surface area (Å²) < 4.78 is 0. The van der Waals surface area contributed by atoms with Crippen LogP contribution in [-0.4, -0.2) is 5.91 Å². The second-order valence-electron chi connectivity index (χ2n) is 4.49. The molecule has 1 unspecified atom stereocenters. The molecule has 3 nitrogen and oxygen atoms in total. The number of nitrogen functional groups attached to an aromatic ring is 1. The van der Waals surface area contributed by atoms with Crippen molar-refractivity contribution in [2.75, 3.05) is 5.73 Å². The number of carbonyl (C=O) groups excluding carboxylic acids is 1. The molecule has 3 N–H and O–H groups in total. The first-order valence-electron chi connectivity index (χ1n) is 6.08. The molecule has 0 aromatic heterocycles. The smallest absolute Gasteiger partial charge is 0.253 e. The molecule has 5 heteroatoms. The largest absolute Gasteiger partial charge is 0.399 e. The molecule has 104 valence electrons. The predicted octanol–water partition coefficient (Wildman–Crippen LogP) is 4.07. The van der Waals surface area contributed by atoms with Crippen molar-refractivity contribution in [2.45, 2.75) is 13.0 Å². The highest BCUT2D eigenvalue weighted by Crippen LogP contribution is 2.21. The Morgan fingerprint density at radius 3 is 2.65 bits per heavy atom. The van der Waals surface area contributed by atoms with Crippen molar-refractivity contribution < 1.29 is 4.79 Å². The molecule has 0 aliphatic heterocycles. The van der Waals surface area contributed by atoms with Crippen molar-refractivity contribution in [1.29, 1.82) is 0 Å². The fraction of sp³-hybridized carbons (Fsp3) is 0.133. The van der Waals surface area contributed by atoms with Crippen LogP contribution in [0.5, 0.6) is 0 Å². The van der Waals surface area contributed by atoms with Gasteiger partial charge in [-0.2, -0.15) is 0 Å². The Kier molecular flexibility index (Phi) is 4.53. The van der Waals surface area contributed by atoms with Crippen LogP contribution >= 0.6 is 23.2 Å². The number of carbonyl (C=O) groups is 1. The van der Waals surface area contributed by atoms with Gasteiger partial charge in [0.05, 0.1) is 16.6 Å². The second kappa shape index (κ2) is 6.16. The Bertz CT molecular complexity index is 644. The maximum atomic E-state index is 12.2. The van der Waals surface area contributed by atoms with E-state index in [-0.39, 0.29) is 11.9 Å². The number of amides is 1. The van der Waals surface area contributed by atoms with Gasteiger partial charge in [0.1, 0.15) is 0 Å². The normalized spacial score (nSPS) is 11.9. The van der Waals surface area contributed by atoms with Crippen LogP contribution in [0.25, 0.3) is 0 Å². The third-order valence-corrected chi connectivity index (χ3v) is 3.50. The predicted molar refractivity (Wildman–Crippen MR) is 83.2 cm³/mol. The van der Waals surface area contributed by atoms with E-state index in [1.54, 1.807) is 24.3 Å². The molecule has 20 heavy (non-hydrogen) atoms. The number of anilines is 1. The summed E-state index contributed by atoms with van der Waals surface area (Å²) in [5.41, 5.74) is 7.45. The summed E-state index contributed by atoms with van der Waals surface area (Å²) in [5, 5.41) is 3.87. The van der Waals surface area contributed by atoms with Crippen molar-refractivity contribution >= 4 is 34.8 Å². The standard InChI is InChI=1S/C15H14Cl2N2O/c1-9(10-3-2-4-11(16)7-10)19-15(20)13-8-12(18)5-6-14(13)17/h2-9H,18H2,1H3,(H,19,20). The fourth-order valence-electron chi connectivity index (χ4n) is 1.85. The summed E-state index contributed by atoms with van der Waals surface area (Å²) in [7, 11) is 0. The van der Waals surface area contributed by atoms with E-state index in [1.165, 1.54) is 0 Å². The molecular formula is C15H14Cl2N2O. The number of benzene rings is 2. The molecule has 2 rings (SSSR count). The fourth-order valence-corrected chi connectivity index (χ4v) is 2.25. The van der Waals surface area contributed by atoms with Gasteiger partial charge < -0.3 is 11.1 Å². The Morgan fingerprint density at radius 2 is 1.95 bits per heavy atom. The van der Waals surface area contributed by atoms with E-state index in [9.17, 15) is 4.79 Å². The van der Waals surface area contributed by atoms with Crippen molar-refractivity contribution in [1.82, 2.24) is 5.32 Å². The lowest BCUT2D eigenvalue weighted by Crippen LogP contribution is -2.27. The first-order chi connectivity index (χ1) is 9.47. The molecule has 0 aliphatic carbocycles. The number of nitrogens with one attached hydrogen (secondary N) is 1. The topological polar surface area (TPSA) is 55.1 Å². The van der Waals surface area contributed by atoms with Gasteiger partial charge in [-0.25, -0.2) is 0 Å². The van der Waals surface area contributed by atoms with Crippen molar-refractivity contribution in [2.24, 2.45) is 0 Å². The van der Waals surface area contributed by atoms with E-state index >= 15 is 0 Å². The zero-order chi connectivity index (χ0) is 14.7. The maximum Gasteiger partial charge on any atom is 0.253 e. The molecule has 1 amide bonds. The van der Waals surface area contributed by atoms with Gasteiger partial charge in [0, 0.05) is 10.7 Å². The lowest BCUT2D eigenvalue weighted by atomic mass is 10.1. The third-order valence-electron chi connectivity index (χ3n) is 2.93. The number of halogens is 2. The highest BCUT2D eigenvalue weighted by molar-refractivity contribution is 6.34. The Labute approximate surface area is 127 Å². The Hall–Kier alpha value is -1.71. The molecular weight excluding hydrogens is 295 g/mol. The summed E-state index contributed by atoms with van der Waals surface area (Å²) in [4.78, 5) is 12.2. The lowest BCUT2D eigenvalue weighted by molar-refractivity contribution is 0.0940. The zero-order valence-corrected chi connectivity index (χ0v) is 12.4. The molecule has 0 saturated carbocycles. The summed E-state index contributed by atoms with van der Waals surface area (Å²) in [6.07, 6.45) is 0.